The van der Waals surface area contributed by atoms with Gasteiger partial charge in [-0.05, 0) is 38.1 Å². The Hall–Kier alpha value is -3.36. The van der Waals surface area contributed by atoms with Crippen LogP contribution in [0.5, 0.6) is 11.5 Å². The maximum Gasteiger partial charge on any atom is 0.251 e. The molecule has 9 heteroatoms. The summed E-state index contributed by atoms with van der Waals surface area (Å²) in [7, 11) is 0. The molecule has 0 fully saturated rings. The number of carbonyl (C=O) groups excluding carboxylic acids is 2. The number of nitrogens with one attached hydrogen (secondary N) is 3. The number of ether oxygens (including phenoxy) is 2. The lowest BCUT2D eigenvalue weighted by molar-refractivity contribution is -0.120. The molecule has 2 aromatic rings. The smallest absolute Gasteiger partial charge is 0.251 e. The average molecular weight is 387 g/mol. The van der Waals surface area contributed by atoms with Crippen LogP contribution in [0.4, 0.5) is 5.95 Å². The number of amides is 2. The second kappa shape index (κ2) is 11.4. The number of rotatable bonds is 11. The summed E-state index contributed by atoms with van der Waals surface area (Å²) in [6, 6.07) is 6.63. The third kappa shape index (κ3) is 6.75. The molecule has 1 aromatic carbocycles. The van der Waals surface area contributed by atoms with Gasteiger partial charge in [-0.3, -0.25) is 9.59 Å². The maximum absolute atomic E-state index is 12.3. The molecule has 0 bridgehead atoms. The number of hydrogen-bond acceptors (Lipinski definition) is 7. The van der Waals surface area contributed by atoms with E-state index in [1.165, 1.54) is 0 Å². The van der Waals surface area contributed by atoms with E-state index in [9.17, 15) is 9.59 Å². The van der Waals surface area contributed by atoms with E-state index >= 15 is 0 Å². The molecule has 0 aliphatic rings. The molecule has 28 heavy (non-hydrogen) atoms. The molecule has 0 radical (unpaired) electrons. The van der Waals surface area contributed by atoms with Crippen LogP contribution in [0.25, 0.3) is 0 Å². The van der Waals surface area contributed by atoms with Crippen LogP contribution in [-0.2, 0) is 4.79 Å². The van der Waals surface area contributed by atoms with Crippen molar-refractivity contribution in [3.8, 4) is 11.5 Å². The summed E-state index contributed by atoms with van der Waals surface area (Å²) in [5.74, 6) is 0.907. The zero-order chi connectivity index (χ0) is 20.2. The highest BCUT2D eigenvalue weighted by Gasteiger charge is 2.12. The van der Waals surface area contributed by atoms with Crippen LogP contribution in [0, 0.1) is 0 Å². The van der Waals surface area contributed by atoms with Gasteiger partial charge in [-0.2, -0.15) is 0 Å². The normalized spacial score (nSPS) is 10.1. The van der Waals surface area contributed by atoms with Crippen LogP contribution in [0.15, 0.2) is 36.7 Å². The van der Waals surface area contributed by atoms with E-state index in [1.54, 1.807) is 36.7 Å². The maximum atomic E-state index is 12.3. The molecule has 0 saturated heterocycles. The molecule has 0 unspecified atom stereocenters. The molecule has 150 valence electrons. The second-order valence-corrected chi connectivity index (χ2v) is 5.56. The first-order chi connectivity index (χ1) is 13.6. The van der Waals surface area contributed by atoms with Crippen molar-refractivity contribution in [2.75, 3.05) is 38.2 Å². The summed E-state index contributed by atoms with van der Waals surface area (Å²) < 4.78 is 11.0. The summed E-state index contributed by atoms with van der Waals surface area (Å²) in [5, 5.41) is 8.26. The zero-order valence-corrected chi connectivity index (χ0v) is 16.0. The number of aromatic nitrogens is 2. The number of nitrogens with zero attached hydrogens (tertiary/aromatic N) is 2. The van der Waals surface area contributed by atoms with Crippen LogP contribution < -0.4 is 25.4 Å². The van der Waals surface area contributed by atoms with Gasteiger partial charge in [-0.25, -0.2) is 9.97 Å². The molecule has 3 N–H and O–H groups in total. The Morgan fingerprint density at radius 2 is 1.68 bits per heavy atom. The first-order valence-electron chi connectivity index (χ1n) is 9.09. The van der Waals surface area contributed by atoms with Crippen molar-refractivity contribution in [2.45, 2.75) is 13.8 Å². The Labute approximate surface area is 163 Å². The number of carbonyl (C=O) groups is 2. The molecular formula is C19H25N5O4. The number of anilines is 1. The van der Waals surface area contributed by atoms with Crippen LogP contribution >= 0.6 is 0 Å². The minimum Gasteiger partial charge on any atom is -0.490 e. The Balaban J connectivity index is 1.76. The highest BCUT2D eigenvalue weighted by atomic mass is 16.5. The highest BCUT2D eigenvalue weighted by molar-refractivity contribution is 5.97. The third-order valence-electron chi connectivity index (χ3n) is 3.51. The van der Waals surface area contributed by atoms with Crippen molar-refractivity contribution in [3.63, 3.8) is 0 Å². The Bertz CT molecular complexity index is 770. The van der Waals surface area contributed by atoms with Crippen molar-refractivity contribution >= 4 is 17.8 Å². The van der Waals surface area contributed by atoms with Gasteiger partial charge in [0.05, 0.1) is 19.8 Å². The molecule has 0 aliphatic heterocycles. The lowest BCUT2D eigenvalue weighted by Crippen LogP contribution is -2.38. The largest absolute Gasteiger partial charge is 0.490 e. The molecule has 2 rings (SSSR count). The van der Waals surface area contributed by atoms with E-state index in [0.29, 0.717) is 49.3 Å². The van der Waals surface area contributed by atoms with E-state index in [0.717, 1.165) is 0 Å². The van der Waals surface area contributed by atoms with Crippen molar-refractivity contribution in [1.29, 1.82) is 0 Å². The van der Waals surface area contributed by atoms with Crippen molar-refractivity contribution in [1.82, 2.24) is 20.6 Å². The SMILES string of the molecule is CCOc1ccc(C(=O)NCC(=O)NCCNc2ncccn2)cc1OCC. The molecule has 0 aliphatic carbocycles. The average Bonchev–Trinajstić information content (AvgIpc) is 2.72. The van der Waals surface area contributed by atoms with Gasteiger partial charge in [0.2, 0.25) is 11.9 Å². The fourth-order valence-corrected chi connectivity index (χ4v) is 2.28. The van der Waals surface area contributed by atoms with Gasteiger partial charge in [-0.15, -0.1) is 0 Å². The van der Waals surface area contributed by atoms with Crippen LogP contribution in [-0.4, -0.2) is 54.6 Å². The Morgan fingerprint density at radius 1 is 0.964 bits per heavy atom. The molecule has 1 aromatic heterocycles. The fraction of sp³-hybridized carbons (Fsp3) is 0.368. The van der Waals surface area contributed by atoms with Crippen LogP contribution in [0.3, 0.4) is 0 Å². The molecule has 0 atom stereocenters. The summed E-state index contributed by atoms with van der Waals surface area (Å²) in [5.41, 5.74) is 0.391. The monoisotopic (exact) mass is 387 g/mol. The summed E-state index contributed by atoms with van der Waals surface area (Å²) >= 11 is 0. The Kier molecular flexibility index (Phi) is 8.51. The van der Waals surface area contributed by atoms with Gasteiger partial charge < -0.3 is 25.4 Å². The molecule has 0 saturated carbocycles. The fourth-order valence-electron chi connectivity index (χ4n) is 2.28. The summed E-state index contributed by atoms with van der Waals surface area (Å²) in [6.07, 6.45) is 3.25. The third-order valence-corrected chi connectivity index (χ3v) is 3.51. The quantitative estimate of drug-likeness (QED) is 0.497. The van der Waals surface area contributed by atoms with Gasteiger partial charge in [0.15, 0.2) is 11.5 Å². The van der Waals surface area contributed by atoms with E-state index < -0.39 is 0 Å². The molecule has 2 amide bonds. The molecule has 9 nitrogen and oxygen atoms in total. The summed E-state index contributed by atoms with van der Waals surface area (Å²) in [6.45, 7) is 5.40. The van der Waals surface area contributed by atoms with Crippen molar-refractivity contribution in [2.24, 2.45) is 0 Å². The first kappa shape index (κ1) is 20.9. The molecule has 1 heterocycles. The Morgan fingerprint density at radius 3 is 2.39 bits per heavy atom. The predicted molar refractivity (Wildman–Crippen MR) is 105 cm³/mol. The van der Waals surface area contributed by atoms with Gasteiger partial charge in [0.1, 0.15) is 0 Å². The zero-order valence-electron chi connectivity index (χ0n) is 16.0. The lowest BCUT2D eigenvalue weighted by atomic mass is 10.2. The highest BCUT2D eigenvalue weighted by Crippen LogP contribution is 2.28. The lowest BCUT2D eigenvalue weighted by Gasteiger charge is -2.12. The predicted octanol–water partition coefficient (Wildman–Crippen LogP) is 1.23. The van der Waals surface area contributed by atoms with Crippen molar-refractivity contribution in [3.05, 3.63) is 42.2 Å². The minimum atomic E-state index is -0.366. The second-order valence-electron chi connectivity index (χ2n) is 5.56. The van der Waals surface area contributed by atoms with Crippen LogP contribution in [0.1, 0.15) is 24.2 Å². The van der Waals surface area contributed by atoms with Crippen LogP contribution in [0.2, 0.25) is 0 Å². The van der Waals surface area contributed by atoms with Gasteiger partial charge in [-0.1, -0.05) is 0 Å². The molecule has 0 spiro atoms. The van der Waals surface area contributed by atoms with E-state index in [4.69, 9.17) is 9.47 Å². The van der Waals surface area contributed by atoms with E-state index in [1.807, 2.05) is 13.8 Å². The minimum absolute atomic E-state index is 0.127. The van der Waals surface area contributed by atoms with Crippen molar-refractivity contribution < 1.29 is 19.1 Å². The standard InChI is InChI=1S/C19H25N5O4/c1-3-27-15-7-6-14(12-16(15)28-4-2)18(26)24-13-17(25)20-10-11-23-19-21-8-5-9-22-19/h5-9,12H,3-4,10-11,13H2,1-2H3,(H,20,25)(H,24,26)(H,21,22,23). The van der Waals surface area contributed by atoms with E-state index in [-0.39, 0.29) is 18.4 Å². The van der Waals surface area contributed by atoms with Gasteiger partial charge >= 0.3 is 0 Å². The first-order valence-corrected chi connectivity index (χ1v) is 9.09. The van der Waals surface area contributed by atoms with Gasteiger partial charge in [0.25, 0.3) is 5.91 Å². The molecular weight excluding hydrogens is 362 g/mol. The van der Waals surface area contributed by atoms with Gasteiger partial charge in [0, 0.05) is 31.0 Å². The van der Waals surface area contributed by atoms with E-state index in [2.05, 4.69) is 25.9 Å². The topological polar surface area (TPSA) is 114 Å². The number of benzene rings is 1. The summed E-state index contributed by atoms with van der Waals surface area (Å²) in [4.78, 5) is 32.2. The number of hydrogen-bond donors (Lipinski definition) is 3.